The van der Waals surface area contributed by atoms with Crippen molar-refractivity contribution in [2.24, 2.45) is 10.3 Å². The lowest BCUT2D eigenvalue weighted by atomic mass is 10.2. The number of carboxylic acids is 1. The van der Waals surface area contributed by atoms with Crippen molar-refractivity contribution < 1.29 is 23.2 Å². The minimum atomic E-state index is -3.70. The predicted octanol–water partition coefficient (Wildman–Crippen LogP) is -0.0790. The fourth-order valence-electron chi connectivity index (χ4n) is 0.970. The molecule has 0 radical (unpaired) electrons. The lowest BCUT2D eigenvalue weighted by Gasteiger charge is -2.01. The number of carboxylic acid groups (broad SMARTS) is 1. The summed E-state index contributed by atoms with van der Waals surface area (Å²) in [7, 11) is -3.70. The zero-order chi connectivity index (χ0) is 12.9. The van der Waals surface area contributed by atoms with Crippen LogP contribution in [0.1, 0.15) is 5.56 Å². The van der Waals surface area contributed by atoms with Crippen molar-refractivity contribution in [3.63, 3.8) is 0 Å². The summed E-state index contributed by atoms with van der Waals surface area (Å²) in [6, 6.07) is 5.65. The Balaban J connectivity index is 2.61. The molecule has 0 saturated heterocycles. The standard InChI is InChI=1S/C9H10N2O5S/c10-17(14,15)8-3-1-7(2-4-8)6-16-11-5-9(12)13/h1-5H,6H2,(H,12,13)(H2,10,14,15)/b11-5+. The van der Waals surface area contributed by atoms with Crippen LogP contribution in [-0.2, 0) is 26.3 Å². The molecule has 0 aromatic heterocycles. The molecule has 0 heterocycles. The molecule has 0 unspecified atom stereocenters. The number of hydrogen-bond donors (Lipinski definition) is 2. The molecule has 0 saturated carbocycles. The molecule has 1 rings (SSSR count). The molecular formula is C9H10N2O5S. The SMILES string of the molecule is NS(=O)(=O)c1ccc(CO/N=C/C(=O)O)cc1. The summed E-state index contributed by atoms with van der Waals surface area (Å²) in [5.41, 5.74) is 0.639. The zero-order valence-corrected chi connectivity index (χ0v) is 9.42. The van der Waals surface area contributed by atoms with E-state index in [1.807, 2.05) is 0 Å². The Kier molecular flexibility index (Phi) is 4.18. The lowest BCUT2D eigenvalue weighted by Crippen LogP contribution is -2.11. The Labute approximate surface area is 97.5 Å². The average molecular weight is 258 g/mol. The van der Waals surface area contributed by atoms with Gasteiger partial charge >= 0.3 is 5.97 Å². The third-order valence-corrected chi connectivity index (χ3v) is 2.65. The van der Waals surface area contributed by atoms with E-state index in [-0.39, 0.29) is 11.5 Å². The second-order valence-corrected chi connectivity index (χ2v) is 4.60. The highest BCUT2D eigenvalue weighted by Crippen LogP contribution is 2.09. The summed E-state index contributed by atoms with van der Waals surface area (Å²) in [6.07, 6.45) is 0.610. The van der Waals surface area contributed by atoms with E-state index in [9.17, 15) is 13.2 Å². The van der Waals surface area contributed by atoms with Crippen LogP contribution < -0.4 is 5.14 Å². The number of benzene rings is 1. The van der Waals surface area contributed by atoms with Crippen molar-refractivity contribution >= 4 is 22.2 Å². The number of nitrogens with zero attached hydrogens (tertiary/aromatic N) is 1. The van der Waals surface area contributed by atoms with Gasteiger partial charge in [0.25, 0.3) is 0 Å². The summed E-state index contributed by atoms with van der Waals surface area (Å²) in [4.78, 5) is 14.7. The molecule has 1 aromatic carbocycles. The molecule has 0 atom stereocenters. The topological polar surface area (TPSA) is 119 Å². The number of oxime groups is 1. The van der Waals surface area contributed by atoms with Crippen LogP contribution in [0, 0.1) is 0 Å². The number of carbonyl (C=O) groups is 1. The van der Waals surface area contributed by atoms with Crippen molar-refractivity contribution in [2.75, 3.05) is 0 Å². The van der Waals surface area contributed by atoms with E-state index in [0.717, 1.165) is 0 Å². The maximum absolute atomic E-state index is 10.9. The van der Waals surface area contributed by atoms with E-state index in [1.165, 1.54) is 24.3 Å². The number of hydrogen-bond acceptors (Lipinski definition) is 5. The van der Waals surface area contributed by atoms with Crippen LogP contribution in [0.4, 0.5) is 0 Å². The first kappa shape index (κ1) is 13.1. The molecule has 0 aliphatic heterocycles. The number of aliphatic carboxylic acids is 1. The molecule has 7 nitrogen and oxygen atoms in total. The normalized spacial score (nSPS) is 11.6. The van der Waals surface area contributed by atoms with Crippen LogP contribution in [0.25, 0.3) is 0 Å². The van der Waals surface area contributed by atoms with Gasteiger partial charge in [-0.2, -0.15) is 0 Å². The number of rotatable bonds is 5. The van der Waals surface area contributed by atoms with Gasteiger partial charge in [-0.15, -0.1) is 0 Å². The maximum Gasteiger partial charge on any atom is 0.350 e. The Bertz CT molecular complexity index is 521. The molecule has 0 aliphatic carbocycles. The Morgan fingerprint density at radius 3 is 2.47 bits per heavy atom. The molecule has 8 heteroatoms. The molecule has 0 amide bonds. The second kappa shape index (κ2) is 5.41. The Morgan fingerprint density at radius 2 is 2.00 bits per heavy atom. The minimum absolute atomic E-state index is 0.00436. The highest BCUT2D eigenvalue weighted by atomic mass is 32.2. The largest absolute Gasteiger partial charge is 0.477 e. The van der Waals surface area contributed by atoms with Crippen molar-refractivity contribution in [2.45, 2.75) is 11.5 Å². The van der Waals surface area contributed by atoms with Crippen molar-refractivity contribution in [1.82, 2.24) is 0 Å². The van der Waals surface area contributed by atoms with Crippen molar-refractivity contribution in [3.05, 3.63) is 29.8 Å². The molecule has 0 aliphatic rings. The van der Waals surface area contributed by atoms with E-state index in [1.54, 1.807) is 0 Å². The van der Waals surface area contributed by atoms with Crippen LogP contribution in [0.5, 0.6) is 0 Å². The summed E-state index contributed by atoms with van der Waals surface area (Å²) in [5, 5.41) is 16.3. The van der Waals surface area contributed by atoms with Gasteiger partial charge in [0.2, 0.25) is 10.0 Å². The summed E-state index contributed by atoms with van der Waals surface area (Å²) < 4.78 is 21.9. The molecule has 1 aromatic rings. The van der Waals surface area contributed by atoms with Crippen LogP contribution in [-0.4, -0.2) is 25.7 Å². The summed E-state index contributed by atoms with van der Waals surface area (Å²) in [6.45, 7) is 0.0364. The number of nitrogens with two attached hydrogens (primary N) is 1. The van der Waals surface area contributed by atoms with Gasteiger partial charge in [0.1, 0.15) is 6.61 Å². The van der Waals surface area contributed by atoms with Gasteiger partial charge in [0.15, 0.2) is 6.21 Å². The zero-order valence-electron chi connectivity index (χ0n) is 8.61. The van der Waals surface area contributed by atoms with E-state index in [2.05, 4.69) is 9.99 Å². The monoisotopic (exact) mass is 258 g/mol. The Morgan fingerprint density at radius 1 is 1.41 bits per heavy atom. The predicted molar refractivity (Wildman–Crippen MR) is 58.7 cm³/mol. The average Bonchev–Trinajstić information content (AvgIpc) is 2.23. The van der Waals surface area contributed by atoms with Gasteiger partial charge in [-0.05, 0) is 17.7 Å². The molecular weight excluding hydrogens is 248 g/mol. The van der Waals surface area contributed by atoms with Gasteiger partial charge in [0.05, 0.1) is 4.90 Å². The molecule has 92 valence electrons. The summed E-state index contributed by atoms with van der Waals surface area (Å²) in [5.74, 6) is -1.21. The molecule has 0 bridgehead atoms. The van der Waals surface area contributed by atoms with Gasteiger partial charge < -0.3 is 9.94 Å². The first-order valence-corrected chi connectivity index (χ1v) is 5.94. The van der Waals surface area contributed by atoms with E-state index < -0.39 is 16.0 Å². The van der Waals surface area contributed by atoms with Gasteiger partial charge in [-0.3, -0.25) is 0 Å². The van der Waals surface area contributed by atoms with Gasteiger partial charge in [0, 0.05) is 0 Å². The Hall–Kier alpha value is -1.93. The number of sulfonamides is 1. The third kappa shape index (κ3) is 4.62. The van der Waals surface area contributed by atoms with Crippen LogP contribution in [0.3, 0.4) is 0 Å². The fraction of sp³-hybridized carbons (Fsp3) is 0.111. The fourth-order valence-corrected chi connectivity index (χ4v) is 1.48. The molecule has 3 N–H and O–H groups in total. The minimum Gasteiger partial charge on any atom is -0.477 e. The third-order valence-electron chi connectivity index (χ3n) is 1.72. The van der Waals surface area contributed by atoms with E-state index in [0.29, 0.717) is 11.8 Å². The first-order valence-electron chi connectivity index (χ1n) is 4.39. The molecule has 17 heavy (non-hydrogen) atoms. The smallest absolute Gasteiger partial charge is 0.350 e. The van der Waals surface area contributed by atoms with Crippen molar-refractivity contribution in [1.29, 1.82) is 0 Å². The quantitative estimate of drug-likeness (QED) is 0.565. The van der Waals surface area contributed by atoms with Gasteiger partial charge in [-0.25, -0.2) is 18.4 Å². The maximum atomic E-state index is 10.9. The molecule has 0 spiro atoms. The van der Waals surface area contributed by atoms with Crippen LogP contribution in [0.2, 0.25) is 0 Å². The first-order chi connectivity index (χ1) is 7.89. The highest BCUT2D eigenvalue weighted by molar-refractivity contribution is 7.89. The molecule has 0 fully saturated rings. The van der Waals surface area contributed by atoms with Crippen molar-refractivity contribution in [3.8, 4) is 0 Å². The lowest BCUT2D eigenvalue weighted by molar-refractivity contribution is -0.129. The number of primary sulfonamides is 1. The van der Waals surface area contributed by atoms with Crippen LogP contribution >= 0.6 is 0 Å². The second-order valence-electron chi connectivity index (χ2n) is 3.04. The van der Waals surface area contributed by atoms with E-state index >= 15 is 0 Å². The van der Waals surface area contributed by atoms with Gasteiger partial charge in [-0.1, -0.05) is 17.3 Å². The highest BCUT2D eigenvalue weighted by Gasteiger charge is 2.06. The van der Waals surface area contributed by atoms with Crippen LogP contribution in [0.15, 0.2) is 34.3 Å². The summed E-state index contributed by atoms with van der Waals surface area (Å²) >= 11 is 0. The van der Waals surface area contributed by atoms with E-state index in [4.69, 9.17) is 10.2 Å².